The van der Waals surface area contributed by atoms with Crippen LogP contribution in [0.25, 0.3) is 11.2 Å². The number of carboxylic acids is 2. The van der Waals surface area contributed by atoms with Gasteiger partial charge in [0.25, 0.3) is 17.7 Å². The van der Waals surface area contributed by atoms with E-state index in [9.17, 15) is 58.8 Å². The van der Waals surface area contributed by atoms with Crippen LogP contribution in [-0.4, -0.2) is 160 Å². The topological polar surface area (TPSA) is 376 Å². The predicted molar refractivity (Wildman–Crippen MR) is 316 cm³/mol. The molecule has 462 valence electrons. The molecule has 1 aromatic carbocycles. The average Bonchev–Trinajstić information content (AvgIpc) is 1.34. The number of carbonyl (C=O) groups excluding carboxylic acids is 6. The number of amides is 5. The van der Waals surface area contributed by atoms with Gasteiger partial charge in [-0.05, 0) is 119 Å². The summed E-state index contributed by atoms with van der Waals surface area (Å²) < 4.78 is 17.5. The van der Waals surface area contributed by atoms with Crippen LogP contribution in [0.3, 0.4) is 0 Å². The van der Waals surface area contributed by atoms with E-state index in [-0.39, 0.29) is 84.3 Å². The van der Waals surface area contributed by atoms with Gasteiger partial charge in [0.1, 0.15) is 17.8 Å². The van der Waals surface area contributed by atoms with E-state index < -0.39 is 93.7 Å². The first-order valence-electron chi connectivity index (χ1n) is 29.5. The fraction of sp³-hybridized carbons (Fsp3) is 0.567. The second kappa shape index (κ2) is 25.4. The van der Waals surface area contributed by atoms with Crippen LogP contribution in [0.2, 0.25) is 0 Å². The molecule has 12 N–H and O–H groups in total. The Hall–Kier alpha value is -7.58. The molecule has 6 aliphatic rings. The van der Waals surface area contributed by atoms with Gasteiger partial charge in [-0.25, -0.2) is 23.9 Å². The number of aliphatic hydroxyl groups is 2. The van der Waals surface area contributed by atoms with Crippen molar-refractivity contribution < 1.29 is 63.2 Å². The summed E-state index contributed by atoms with van der Waals surface area (Å²) in [4.78, 5) is 123. The molecule has 0 radical (unpaired) electrons. The monoisotopic (exact) mass is 1210 g/mol. The highest BCUT2D eigenvalue weighted by molar-refractivity contribution is 7.99. The first kappa shape index (κ1) is 62.9. The summed E-state index contributed by atoms with van der Waals surface area (Å²) in [6, 6.07) is 3.77. The number of unbranched alkanes of at least 4 members (excludes halogenated alkanes) is 4. The average molecular weight is 1210 g/mol. The summed E-state index contributed by atoms with van der Waals surface area (Å²) in [7, 11) is 1.81. The minimum atomic E-state index is -2.06. The Morgan fingerprint density at radius 3 is 2.38 bits per heavy atom. The molecule has 5 amide bonds. The molecule has 86 heavy (non-hydrogen) atoms. The van der Waals surface area contributed by atoms with Gasteiger partial charge in [0, 0.05) is 72.5 Å². The summed E-state index contributed by atoms with van der Waals surface area (Å²) in [5, 5.41) is 54.9. The number of benzene rings is 1. The van der Waals surface area contributed by atoms with Gasteiger partial charge in [-0.1, -0.05) is 44.8 Å². The van der Waals surface area contributed by atoms with Crippen LogP contribution in [0.4, 0.5) is 21.8 Å². The molecule has 1 saturated heterocycles. The number of nitrogens with zero attached hydrogens (tertiary/aromatic N) is 6. The first-order valence-corrected chi connectivity index (χ1v) is 30.6. The smallest absolute Gasteiger partial charge is 0.352 e. The molecular formula is C60H77FN12O12S. The fourth-order valence-corrected chi connectivity index (χ4v) is 15.3. The van der Waals surface area contributed by atoms with E-state index in [1.807, 2.05) is 11.8 Å². The number of alkyl halides is 1. The van der Waals surface area contributed by atoms with Crippen molar-refractivity contribution >= 4 is 87.6 Å². The summed E-state index contributed by atoms with van der Waals surface area (Å²) in [6.45, 7) is 6.17. The van der Waals surface area contributed by atoms with Crippen molar-refractivity contribution in [3.63, 3.8) is 0 Å². The van der Waals surface area contributed by atoms with Crippen LogP contribution in [0.5, 0.6) is 0 Å². The summed E-state index contributed by atoms with van der Waals surface area (Å²) in [6.07, 6.45) is 9.72. The number of halogens is 1. The van der Waals surface area contributed by atoms with Crippen molar-refractivity contribution in [2.24, 2.45) is 28.6 Å². The third kappa shape index (κ3) is 12.0. The zero-order chi connectivity index (χ0) is 62.0. The number of nitrogen functional groups attached to an aromatic ring is 2. The normalized spacial score (nSPS) is 28.5. The van der Waals surface area contributed by atoms with E-state index in [2.05, 4.69) is 41.2 Å². The Bertz CT molecular complexity index is 3290. The molecule has 26 heteroatoms. The molecule has 4 heterocycles. The lowest BCUT2D eigenvalue weighted by Gasteiger charge is -2.62. The van der Waals surface area contributed by atoms with Crippen molar-refractivity contribution in [2.45, 2.75) is 153 Å². The molecule has 0 bridgehead atoms. The quantitative estimate of drug-likeness (QED) is 0.0427. The molecule has 9 rings (SSSR count). The van der Waals surface area contributed by atoms with Gasteiger partial charge in [-0.2, -0.15) is 21.7 Å². The van der Waals surface area contributed by atoms with Crippen molar-refractivity contribution in [3.8, 4) is 0 Å². The van der Waals surface area contributed by atoms with Crippen molar-refractivity contribution in [1.82, 2.24) is 46.1 Å². The maximum absolute atomic E-state index is 17.5. The van der Waals surface area contributed by atoms with Crippen LogP contribution in [0.1, 0.15) is 127 Å². The van der Waals surface area contributed by atoms with E-state index in [1.165, 1.54) is 28.8 Å². The van der Waals surface area contributed by atoms with Crippen LogP contribution in [-0.2, 0) is 40.1 Å². The molecule has 3 aromatic rings. The van der Waals surface area contributed by atoms with Crippen molar-refractivity contribution in [2.75, 3.05) is 48.0 Å². The number of aliphatic carboxylic acids is 2. The van der Waals surface area contributed by atoms with Crippen LogP contribution in [0, 0.1) is 28.6 Å². The standard InChI is InChI=1S/C60H77FN12O12S/c1-32-26-40-39-17-14-35-27-38(74)21-22-57(35,2)59(39,61)43(75)28-58(40,3)60(32,85)55(84)65-23-9-7-5-6-8-10-45(77)69-46-42-19-13-34(48(54(82)83)73(42)52(46)79)31-86-25-24-64-44(76)20-18-41(53(80)81)68-51(78)33-11-15-37(16-12-33)72(4)30-36-29-66-50-47(67-36)49(62)70-56(63)71-50/h11-12,15-16,21-22,27,29,32,39-43,46,75,85H,5-10,13-14,17-20,23-26,28,30-31H2,1-4H3,(H,64,76)(H,65,84)(H,68,78)(H,69,77)(H,80,81)(H,82,83)(H4,62,63,66,70,71)/t32-,39?,40+,41+,42-,43+,46+,57+,58+,59+,60+/m1/s1. The second-order valence-electron chi connectivity index (χ2n) is 24.3. The van der Waals surface area contributed by atoms with E-state index in [1.54, 1.807) is 57.4 Å². The van der Waals surface area contributed by atoms with Gasteiger partial charge in [0.15, 0.2) is 34.0 Å². The lowest BCUT2D eigenvalue weighted by molar-refractivity contribution is -0.219. The molecule has 2 aliphatic heterocycles. The second-order valence-corrected chi connectivity index (χ2v) is 25.4. The maximum atomic E-state index is 17.5. The summed E-state index contributed by atoms with van der Waals surface area (Å²) >= 11 is 1.36. The number of β-lactam (4-membered cyclic amide) rings is 1. The van der Waals surface area contributed by atoms with Crippen LogP contribution < -0.4 is 37.6 Å². The lowest BCUT2D eigenvalue weighted by atomic mass is 9.44. The van der Waals surface area contributed by atoms with Crippen LogP contribution in [0.15, 0.2) is 65.5 Å². The molecule has 4 aliphatic carbocycles. The Morgan fingerprint density at radius 2 is 1.65 bits per heavy atom. The number of hydrogen-bond acceptors (Lipinski definition) is 18. The third-order valence-electron chi connectivity index (χ3n) is 19.1. The number of thioether (sulfide) groups is 1. The number of aromatic nitrogens is 4. The molecule has 1 unspecified atom stereocenters. The summed E-state index contributed by atoms with van der Waals surface area (Å²) in [5.41, 5.74) is 8.65. The zero-order valence-electron chi connectivity index (χ0n) is 48.8. The number of hydrogen-bond donors (Lipinski definition) is 10. The molecule has 4 fully saturated rings. The molecule has 0 spiro atoms. The Kier molecular flexibility index (Phi) is 18.6. The van der Waals surface area contributed by atoms with Crippen molar-refractivity contribution in [1.29, 1.82) is 0 Å². The first-order chi connectivity index (χ1) is 40.8. The molecule has 3 saturated carbocycles. The fourth-order valence-electron chi connectivity index (χ4n) is 14.4. The van der Waals surface area contributed by atoms with Gasteiger partial charge in [-0.15, -0.1) is 0 Å². The Morgan fingerprint density at radius 1 is 0.919 bits per heavy atom. The molecule has 2 aromatic heterocycles. The zero-order valence-corrected chi connectivity index (χ0v) is 49.6. The number of nitrogens with two attached hydrogens (primary N) is 2. The van der Waals surface area contributed by atoms with E-state index in [4.69, 9.17) is 11.5 Å². The lowest BCUT2D eigenvalue weighted by Crippen LogP contribution is -2.71. The maximum Gasteiger partial charge on any atom is 0.352 e. The molecular weight excluding hydrogens is 1130 g/mol. The highest BCUT2D eigenvalue weighted by atomic mass is 32.2. The van der Waals surface area contributed by atoms with Crippen molar-refractivity contribution in [3.05, 3.63) is 76.8 Å². The number of carbonyl (C=O) groups is 8. The predicted octanol–water partition coefficient (Wildman–Crippen LogP) is 3.67. The highest BCUT2D eigenvalue weighted by Gasteiger charge is 2.76. The molecule has 24 nitrogen and oxygen atoms in total. The minimum Gasteiger partial charge on any atom is -0.480 e. The van der Waals surface area contributed by atoms with Gasteiger partial charge in [0.05, 0.1) is 30.6 Å². The Balaban J connectivity index is 0.639. The third-order valence-corrected chi connectivity index (χ3v) is 20.1. The summed E-state index contributed by atoms with van der Waals surface area (Å²) in [5.74, 6) is -5.91. The number of allylic oxidation sites excluding steroid dienone is 4. The minimum absolute atomic E-state index is 0.0135. The number of rotatable bonds is 25. The van der Waals surface area contributed by atoms with Gasteiger partial charge < -0.3 is 58.1 Å². The van der Waals surface area contributed by atoms with Gasteiger partial charge in [0.2, 0.25) is 17.8 Å². The van der Waals surface area contributed by atoms with Gasteiger partial charge in [-0.3, -0.25) is 33.7 Å². The van der Waals surface area contributed by atoms with E-state index in [0.717, 1.165) is 18.5 Å². The SMILES string of the molecule is C[C@@H]1C[C@H]2C3CCC4=CC(=O)C=C[C@]4(C)[C@@]3(F)[C@@H](O)C[C@]2(C)[C@@]1(O)C(=O)NCCCCCCCC(=O)N[C@@H]1C(=O)N2C(C(=O)O)=C(CSCCNC(=O)CC[C@H](NC(=O)c3ccc(N(C)Cc4cnc5nc(N)nc(N)c5n4)cc3)C(=O)O)CC[C@H]12. The molecule has 11 atom stereocenters. The van der Waals surface area contributed by atoms with Crippen LogP contribution >= 0.6 is 11.8 Å². The largest absolute Gasteiger partial charge is 0.480 e. The number of fused-ring (bicyclic) bond motifs is 7. The number of carboxylic acid groups (broad SMARTS) is 2. The number of aliphatic hydroxyl groups excluding tert-OH is 1. The number of ketones is 1. The number of anilines is 3. The van der Waals surface area contributed by atoms with E-state index in [0.29, 0.717) is 92.6 Å². The van der Waals surface area contributed by atoms with Gasteiger partial charge >= 0.3 is 11.9 Å². The van der Waals surface area contributed by atoms with E-state index >= 15 is 4.39 Å². The highest BCUT2D eigenvalue weighted by Crippen LogP contribution is 2.70. The Labute approximate surface area is 501 Å². The number of nitrogens with one attached hydrogen (secondary N) is 4.